The van der Waals surface area contributed by atoms with Gasteiger partial charge in [0.25, 0.3) is 0 Å². The van der Waals surface area contributed by atoms with Crippen molar-refractivity contribution in [3.8, 4) is 0 Å². The average Bonchev–Trinajstić information content (AvgIpc) is 3.06. The summed E-state index contributed by atoms with van der Waals surface area (Å²) < 4.78 is 5.33. The number of carbonyl (C=O) groups excluding carboxylic acids is 2. The molecular weight excluding hydrogens is 316 g/mol. The number of hydrogen-bond donors (Lipinski definition) is 1. The van der Waals surface area contributed by atoms with Crippen molar-refractivity contribution in [2.45, 2.75) is 51.7 Å². The van der Waals surface area contributed by atoms with Gasteiger partial charge >= 0.3 is 6.09 Å². The highest BCUT2D eigenvalue weighted by molar-refractivity contribution is 5.88. The van der Waals surface area contributed by atoms with Crippen LogP contribution in [0.5, 0.6) is 0 Å². The molecule has 0 radical (unpaired) electrons. The third-order valence-electron chi connectivity index (χ3n) is 3.89. The van der Waals surface area contributed by atoms with Crippen molar-refractivity contribution in [1.82, 2.24) is 10.2 Å². The summed E-state index contributed by atoms with van der Waals surface area (Å²) in [6.07, 6.45) is 5.57. The predicted molar refractivity (Wildman–Crippen MR) is 98.3 cm³/mol. The maximum absolute atomic E-state index is 12.2. The second-order valence-corrected chi connectivity index (χ2v) is 7.33. The molecule has 1 heterocycles. The van der Waals surface area contributed by atoms with E-state index in [9.17, 15) is 9.59 Å². The molecule has 0 aliphatic carbocycles. The summed E-state index contributed by atoms with van der Waals surface area (Å²) in [5.41, 5.74) is 0.526. The summed E-state index contributed by atoms with van der Waals surface area (Å²) in [6, 6.07) is 9.56. The Bertz CT molecular complexity index is 599. The van der Waals surface area contributed by atoms with E-state index < -0.39 is 11.7 Å². The average molecular weight is 344 g/mol. The number of hydrogen-bond acceptors (Lipinski definition) is 3. The Balaban J connectivity index is 2.02. The molecule has 5 nitrogen and oxygen atoms in total. The highest BCUT2D eigenvalue weighted by atomic mass is 16.6. The molecule has 1 N–H and O–H groups in total. The van der Waals surface area contributed by atoms with Gasteiger partial charge in [-0.25, -0.2) is 4.79 Å². The summed E-state index contributed by atoms with van der Waals surface area (Å²) in [7, 11) is 0. The van der Waals surface area contributed by atoms with Gasteiger partial charge in [-0.1, -0.05) is 36.4 Å². The fourth-order valence-corrected chi connectivity index (χ4v) is 2.74. The number of amides is 2. The second-order valence-electron chi connectivity index (χ2n) is 7.33. The lowest BCUT2D eigenvalue weighted by molar-refractivity contribution is -0.125. The zero-order chi connectivity index (χ0) is 18.3. The van der Waals surface area contributed by atoms with Crippen molar-refractivity contribution in [2.75, 3.05) is 13.1 Å². The van der Waals surface area contributed by atoms with E-state index in [0.29, 0.717) is 6.42 Å². The van der Waals surface area contributed by atoms with Crippen LogP contribution >= 0.6 is 0 Å². The van der Waals surface area contributed by atoms with Gasteiger partial charge in [0.2, 0.25) is 5.91 Å². The highest BCUT2D eigenvalue weighted by Crippen LogP contribution is 2.11. The Morgan fingerprint density at radius 3 is 2.44 bits per heavy atom. The Kier molecular flexibility index (Phi) is 6.62. The summed E-state index contributed by atoms with van der Waals surface area (Å²) in [5.74, 6) is 0.00144. The Morgan fingerprint density at radius 1 is 1.20 bits per heavy atom. The van der Waals surface area contributed by atoms with E-state index in [1.54, 1.807) is 12.2 Å². The molecule has 2 rings (SSSR count). The lowest BCUT2D eigenvalue weighted by atomic mass is 10.1. The zero-order valence-electron chi connectivity index (χ0n) is 15.3. The molecule has 1 saturated heterocycles. The van der Waals surface area contributed by atoms with Crippen LogP contribution in [0.25, 0.3) is 0 Å². The maximum Gasteiger partial charge on any atom is 0.408 e. The van der Waals surface area contributed by atoms with Crippen LogP contribution in [0.1, 0.15) is 39.2 Å². The molecule has 1 aromatic rings. The van der Waals surface area contributed by atoms with Crippen molar-refractivity contribution >= 4 is 12.0 Å². The second kappa shape index (κ2) is 8.70. The number of rotatable bonds is 5. The summed E-state index contributed by atoms with van der Waals surface area (Å²) >= 11 is 0. The van der Waals surface area contributed by atoms with Gasteiger partial charge < -0.3 is 15.0 Å². The first kappa shape index (κ1) is 19.0. The summed E-state index contributed by atoms with van der Waals surface area (Å²) in [6.45, 7) is 7.10. The molecule has 25 heavy (non-hydrogen) atoms. The molecule has 136 valence electrons. The molecule has 0 spiro atoms. The molecule has 1 atom stereocenters. The van der Waals surface area contributed by atoms with E-state index in [1.807, 2.05) is 56.0 Å². The van der Waals surface area contributed by atoms with E-state index in [1.165, 1.54) is 0 Å². The molecule has 0 unspecified atom stereocenters. The van der Waals surface area contributed by atoms with Crippen LogP contribution in [0.3, 0.4) is 0 Å². The number of carbonyl (C=O) groups is 2. The SMILES string of the molecule is CC(C)(C)OC(=O)N[C@H](/C=C/C(=O)N1CCCC1)Cc1ccccc1. The Hall–Kier alpha value is -2.30. The third-order valence-corrected chi connectivity index (χ3v) is 3.89. The molecule has 2 amide bonds. The van der Waals surface area contributed by atoms with E-state index in [-0.39, 0.29) is 11.9 Å². The number of ether oxygens (including phenoxy) is 1. The quantitative estimate of drug-likeness (QED) is 0.834. The van der Waals surface area contributed by atoms with Crippen LogP contribution in [-0.4, -0.2) is 41.6 Å². The van der Waals surface area contributed by atoms with Crippen molar-refractivity contribution in [3.05, 3.63) is 48.0 Å². The third kappa shape index (κ3) is 6.99. The van der Waals surface area contributed by atoms with E-state index in [2.05, 4.69) is 5.32 Å². The monoisotopic (exact) mass is 344 g/mol. The molecule has 1 aromatic carbocycles. The van der Waals surface area contributed by atoms with E-state index in [0.717, 1.165) is 31.5 Å². The van der Waals surface area contributed by atoms with Crippen LogP contribution < -0.4 is 5.32 Å². The van der Waals surface area contributed by atoms with Gasteiger partial charge in [-0.05, 0) is 45.6 Å². The first-order chi connectivity index (χ1) is 11.8. The maximum atomic E-state index is 12.2. The minimum absolute atomic E-state index is 0.00144. The van der Waals surface area contributed by atoms with Gasteiger partial charge in [-0.3, -0.25) is 4.79 Å². The van der Waals surface area contributed by atoms with Gasteiger partial charge in [0.1, 0.15) is 5.60 Å². The molecule has 1 aliphatic heterocycles. The van der Waals surface area contributed by atoms with Gasteiger partial charge in [0.05, 0.1) is 6.04 Å². The van der Waals surface area contributed by atoms with Crippen molar-refractivity contribution in [1.29, 1.82) is 0 Å². The minimum Gasteiger partial charge on any atom is -0.444 e. The molecule has 0 bridgehead atoms. The standard InChI is InChI=1S/C20H28N2O3/c1-20(2,3)25-19(24)21-17(15-16-9-5-4-6-10-16)11-12-18(23)22-13-7-8-14-22/h4-6,9-12,17H,7-8,13-15H2,1-3H3,(H,21,24)/b12-11+/t17-/m1/s1. The van der Waals surface area contributed by atoms with Gasteiger partial charge in [-0.2, -0.15) is 0 Å². The van der Waals surface area contributed by atoms with E-state index >= 15 is 0 Å². The van der Waals surface area contributed by atoms with Crippen molar-refractivity contribution < 1.29 is 14.3 Å². The number of alkyl carbamates (subject to hydrolysis) is 1. The molecule has 1 aliphatic rings. The van der Waals surface area contributed by atoms with Gasteiger partial charge in [0, 0.05) is 19.2 Å². The topological polar surface area (TPSA) is 58.6 Å². The minimum atomic E-state index is -0.559. The lowest BCUT2D eigenvalue weighted by Crippen LogP contribution is -2.39. The first-order valence-electron chi connectivity index (χ1n) is 8.84. The molecular formula is C20H28N2O3. The normalized spacial score (nSPS) is 16.0. The molecule has 0 aromatic heterocycles. The zero-order valence-corrected chi connectivity index (χ0v) is 15.3. The largest absolute Gasteiger partial charge is 0.444 e. The molecule has 5 heteroatoms. The van der Waals surface area contributed by atoms with Gasteiger partial charge in [-0.15, -0.1) is 0 Å². The highest BCUT2D eigenvalue weighted by Gasteiger charge is 2.20. The first-order valence-corrected chi connectivity index (χ1v) is 8.84. The summed E-state index contributed by atoms with van der Waals surface area (Å²) in [5, 5.41) is 2.85. The van der Waals surface area contributed by atoms with Crippen LogP contribution in [0.15, 0.2) is 42.5 Å². The number of nitrogens with zero attached hydrogens (tertiary/aromatic N) is 1. The number of benzene rings is 1. The van der Waals surface area contributed by atoms with Crippen molar-refractivity contribution in [2.24, 2.45) is 0 Å². The summed E-state index contributed by atoms with van der Waals surface area (Å²) in [4.78, 5) is 26.1. The van der Waals surface area contributed by atoms with Crippen LogP contribution in [0, 0.1) is 0 Å². The van der Waals surface area contributed by atoms with Crippen molar-refractivity contribution in [3.63, 3.8) is 0 Å². The smallest absolute Gasteiger partial charge is 0.408 e. The van der Waals surface area contributed by atoms with E-state index in [4.69, 9.17) is 4.74 Å². The molecule has 0 saturated carbocycles. The predicted octanol–water partition coefficient (Wildman–Crippen LogP) is 3.30. The number of nitrogens with one attached hydrogen (secondary N) is 1. The fourth-order valence-electron chi connectivity index (χ4n) is 2.74. The number of likely N-dealkylation sites (tertiary alicyclic amines) is 1. The Labute approximate surface area is 150 Å². The van der Waals surface area contributed by atoms with Crippen LogP contribution in [0.4, 0.5) is 4.79 Å². The van der Waals surface area contributed by atoms with Gasteiger partial charge in [0.15, 0.2) is 0 Å². The molecule has 1 fully saturated rings. The van der Waals surface area contributed by atoms with Crippen LogP contribution in [0.2, 0.25) is 0 Å². The fraction of sp³-hybridized carbons (Fsp3) is 0.500. The Morgan fingerprint density at radius 2 is 1.84 bits per heavy atom. The lowest BCUT2D eigenvalue weighted by Gasteiger charge is -2.22. The van der Waals surface area contributed by atoms with Crippen LogP contribution in [-0.2, 0) is 16.0 Å².